The van der Waals surface area contributed by atoms with Crippen LogP contribution in [0.3, 0.4) is 0 Å². The molecular weight excluding hydrogens is 310 g/mol. The van der Waals surface area contributed by atoms with E-state index in [9.17, 15) is 14.7 Å². The van der Waals surface area contributed by atoms with Crippen LogP contribution in [-0.4, -0.2) is 24.3 Å². The normalized spacial score (nSPS) is 10.8. The van der Waals surface area contributed by atoms with Gasteiger partial charge in [-0.2, -0.15) is 0 Å². The van der Waals surface area contributed by atoms with Gasteiger partial charge < -0.3 is 14.6 Å². The fourth-order valence-corrected chi connectivity index (χ4v) is 1.91. The van der Waals surface area contributed by atoms with E-state index in [0.717, 1.165) is 5.56 Å². The number of ether oxygens (including phenoxy) is 2. The number of carbonyl (C=O) groups is 2. The number of nitrogens with one attached hydrogen (secondary N) is 1. The minimum absolute atomic E-state index is 0.0413. The maximum absolute atomic E-state index is 11.9. The van der Waals surface area contributed by atoms with Crippen molar-refractivity contribution in [1.82, 2.24) is 5.32 Å². The lowest BCUT2D eigenvalue weighted by Gasteiger charge is -2.09. The van der Waals surface area contributed by atoms with Crippen molar-refractivity contribution >= 4 is 18.1 Å². The zero-order valence-electron chi connectivity index (χ0n) is 13.1. The lowest BCUT2D eigenvalue weighted by molar-refractivity contribution is -0.136. The SMILES string of the molecule is COC(=O)/C(=C\c1cccc(O)c1)NC(=O)OCc1ccccc1. The Morgan fingerprint density at radius 2 is 1.88 bits per heavy atom. The first-order valence-corrected chi connectivity index (χ1v) is 7.15. The van der Waals surface area contributed by atoms with Crippen LogP contribution in [0.4, 0.5) is 4.79 Å². The summed E-state index contributed by atoms with van der Waals surface area (Å²) in [5, 5.41) is 11.8. The second-order valence-electron chi connectivity index (χ2n) is 4.83. The van der Waals surface area contributed by atoms with E-state index in [1.807, 2.05) is 30.3 Å². The van der Waals surface area contributed by atoms with Gasteiger partial charge in [-0.25, -0.2) is 9.59 Å². The van der Waals surface area contributed by atoms with Crippen LogP contribution in [0.2, 0.25) is 0 Å². The summed E-state index contributed by atoms with van der Waals surface area (Å²) >= 11 is 0. The molecule has 0 aromatic heterocycles. The van der Waals surface area contributed by atoms with Crippen LogP contribution in [-0.2, 0) is 20.9 Å². The average Bonchev–Trinajstić information content (AvgIpc) is 2.59. The van der Waals surface area contributed by atoms with Crippen LogP contribution in [0.1, 0.15) is 11.1 Å². The minimum Gasteiger partial charge on any atom is -0.508 e. The maximum Gasteiger partial charge on any atom is 0.412 e. The van der Waals surface area contributed by atoms with Crippen molar-refractivity contribution in [2.24, 2.45) is 0 Å². The number of phenolic OH excluding ortho intramolecular Hbond substituents is 1. The van der Waals surface area contributed by atoms with Crippen LogP contribution in [0.25, 0.3) is 6.08 Å². The molecule has 2 aromatic rings. The van der Waals surface area contributed by atoms with Crippen LogP contribution >= 0.6 is 0 Å². The molecular formula is C18H17NO5. The van der Waals surface area contributed by atoms with Gasteiger partial charge in [-0.05, 0) is 29.3 Å². The predicted octanol–water partition coefficient (Wildman–Crippen LogP) is 2.83. The highest BCUT2D eigenvalue weighted by Crippen LogP contribution is 2.14. The van der Waals surface area contributed by atoms with Gasteiger partial charge in [-0.3, -0.25) is 5.32 Å². The number of hydrogen-bond donors (Lipinski definition) is 2. The van der Waals surface area contributed by atoms with E-state index in [1.165, 1.54) is 25.3 Å². The number of phenols is 1. The summed E-state index contributed by atoms with van der Waals surface area (Å²) in [5.41, 5.74) is 1.25. The average molecular weight is 327 g/mol. The second-order valence-corrected chi connectivity index (χ2v) is 4.83. The summed E-state index contributed by atoms with van der Waals surface area (Å²) in [6.45, 7) is 0.0766. The smallest absolute Gasteiger partial charge is 0.412 e. The molecule has 6 heteroatoms. The Hall–Kier alpha value is -3.28. The first-order chi connectivity index (χ1) is 11.6. The monoisotopic (exact) mass is 327 g/mol. The topological polar surface area (TPSA) is 84.9 Å². The van der Waals surface area contributed by atoms with E-state index in [-0.39, 0.29) is 18.1 Å². The number of benzene rings is 2. The van der Waals surface area contributed by atoms with Crippen molar-refractivity contribution in [2.75, 3.05) is 7.11 Å². The van der Waals surface area contributed by atoms with E-state index in [2.05, 4.69) is 10.1 Å². The molecule has 0 saturated heterocycles. The Kier molecular flexibility index (Phi) is 5.96. The number of carbonyl (C=O) groups excluding carboxylic acids is 2. The summed E-state index contributed by atoms with van der Waals surface area (Å²) in [4.78, 5) is 23.7. The molecule has 24 heavy (non-hydrogen) atoms. The molecule has 124 valence electrons. The van der Waals surface area contributed by atoms with Crippen LogP contribution in [0.5, 0.6) is 5.75 Å². The third kappa shape index (κ3) is 5.17. The molecule has 0 saturated carbocycles. The molecule has 0 fully saturated rings. The highest BCUT2D eigenvalue weighted by atomic mass is 16.6. The molecule has 0 spiro atoms. The third-order valence-corrected chi connectivity index (χ3v) is 3.04. The number of amides is 1. The maximum atomic E-state index is 11.9. The highest BCUT2D eigenvalue weighted by molar-refractivity contribution is 5.96. The summed E-state index contributed by atoms with van der Waals surface area (Å²) in [6.07, 6.45) is 0.602. The molecule has 2 N–H and O–H groups in total. The molecule has 0 heterocycles. The largest absolute Gasteiger partial charge is 0.508 e. The Balaban J connectivity index is 2.05. The fraction of sp³-hybridized carbons (Fsp3) is 0.111. The molecule has 0 atom stereocenters. The highest BCUT2D eigenvalue weighted by Gasteiger charge is 2.14. The van der Waals surface area contributed by atoms with Gasteiger partial charge in [0.2, 0.25) is 0 Å². The van der Waals surface area contributed by atoms with E-state index >= 15 is 0 Å². The molecule has 2 aromatic carbocycles. The molecule has 0 unspecified atom stereocenters. The molecule has 0 radical (unpaired) electrons. The van der Waals surface area contributed by atoms with E-state index in [0.29, 0.717) is 5.56 Å². The van der Waals surface area contributed by atoms with Crippen LogP contribution < -0.4 is 5.32 Å². The van der Waals surface area contributed by atoms with Crippen molar-refractivity contribution in [2.45, 2.75) is 6.61 Å². The van der Waals surface area contributed by atoms with Gasteiger partial charge in [0.1, 0.15) is 18.1 Å². The first-order valence-electron chi connectivity index (χ1n) is 7.15. The summed E-state index contributed by atoms with van der Waals surface area (Å²) < 4.78 is 9.71. The summed E-state index contributed by atoms with van der Waals surface area (Å²) in [6, 6.07) is 15.4. The lowest BCUT2D eigenvalue weighted by atomic mass is 10.2. The Morgan fingerprint density at radius 1 is 1.12 bits per heavy atom. The van der Waals surface area contributed by atoms with Gasteiger partial charge in [0, 0.05) is 0 Å². The standard InChI is InChI=1S/C18H17NO5/c1-23-17(21)16(11-14-8-5-9-15(20)10-14)19-18(22)24-12-13-6-3-2-4-7-13/h2-11,20H,12H2,1H3,(H,19,22)/b16-11+. The Bertz CT molecular complexity index is 740. The molecule has 1 amide bonds. The van der Waals surface area contributed by atoms with Crippen molar-refractivity contribution in [3.8, 4) is 5.75 Å². The lowest BCUT2D eigenvalue weighted by Crippen LogP contribution is -2.28. The fourth-order valence-electron chi connectivity index (χ4n) is 1.91. The van der Waals surface area contributed by atoms with Gasteiger partial charge in [-0.1, -0.05) is 42.5 Å². The van der Waals surface area contributed by atoms with Gasteiger partial charge in [0.25, 0.3) is 0 Å². The zero-order valence-corrected chi connectivity index (χ0v) is 13.1. The molecule has 0 aliphatic heterocycles. The second kappa shape index (κ2) is 8.38. The molecule has 0 aliphatic rings. The number of rotatable bonds is 5. The number of methoxy groups -OCH3 is 1. The van der Waals surface area contributed by atoms with Gasteiger partial charge in [0.05, 0.1) is 7.11 Å². The van der Waals surface area contributed by atoms with Crippen molar-refractivity contribution in [3.05, 3.63) is 71.4 Å². The van der Waals surface area contributed by atoms with E-state index < -0.39 is 12.1 Å². The molecule has 0 bridgehead atoms. The molecule has 2 rings (SSSR count). The van der Waals surface area contributed by atoms with Gasteiger partial charge in [0.15, 0.2) is 0 Å². The van der Waals surface area contributed by atoms with Gasteiger partial charge >= 0.3 is 12.1 Å². The third-order valence-electron chi connectivity index (χ3n) is 3.04. The summed E-state index contributed by atoms with van der Waals surface area (Å²) in [5.74, 6) is -0.686. The van der Waals surface area contributed by atoms with Crippen LogP contribution in [0, 0.1) is 0 Å². The van der Waals surface area contributed by atoms with Crippen molar-refractivity contribution in [1.29, 1.82) is 0 Å². The van der Waals surface area contributed by atoms with E-state index in [4.69, 9.17) is 4.74 Å². The zero-order chi connectivity index (χ0) is 17.4. The van der Waals surface area contributed by atoms with E-state index in [1.54, 1.807) is 12.1 Å². The number of aromatic hydroxyl groups is 1. The summed E-state index contributed by atoms with van der Waals surface area (Å²) in [7, 11) is 1.20. The van der Waals surface area contributed by atoms with Gasteiger partial charge in [-0.15, -0.1) is 0 Å². The van der Waals surface area contributed by atoms with Crippen molar-refractivity contribution < 1.29 is 24.2 Å². The number of alkyl carbamates (subject to hydrolysis) is 1. The van der Waals surface area contributed by atoms with Crippen LogP contribution in [0.15, 0.2) is 60.3 Å². The number of esters is 1. The molecule has 0 aliphatic carbocycles. The Morgan fingerprint density at radius 3 is 2.54 bits per heavy atom. The quantitative estimate of drug-likeness (QED) is 0.651. The minimum atomic E-state index is -0.782. The predicted molar refractivity (Wildman–Crippen MR) is 87.9 cm³/mol. The molecule has 6 nitrogen and oxygen atoms in total. The number of hydrogen-bond acceptors (Lipinski definition) is 5. The Labute approximate surface area is 139 Å². The first kappa shape index (κ1) is 17.1. The van der Waals surface area contributed by atoms with Crippen molar-refractivity contribution in [3.63, 3.8) is 0 Å².